The van der Waals surface area contributed by atoms with E-state index < -0.39 is 5.09 Å². The number of carbonyl (C=O) groups is 1. The summed E-state index contributed by atoms with van der Waals surface area (Å²) < 4.78 is 4.40. The van der Waals surface area contributed by atoms with Crippen LogP contribution in [0.5, 0.6) is 0 Å². The van der Waals surface area contributed by atoms with Gasteiger partial charge in [-0.05, 0) is 6.92 Å². The van der Waals surface area contributed by atoms with E-state index >= 15 is 0 Å². The van der Waals surface area contributed by atoms with Gasteiger partial charge >= 0.3 is 28.3 Å². The van der Waals surface area contributed by atoms with Crippen molar-refractivity contribution in [3.8, 4) is 0 Å². The summed E-state index contributed by atoms with van der Waals surface area (Å²) >= 11 is 0. The van der Waals surface area contributed by atoms with Crippen molar-refractivity contribution in [2.75, 3.05) is 6.61 Å². The van der Waals surface area contributed by atoms with E-state index in [0.29, 0.717) is 6.61 Å². The molecule has 0 spiro atoms. The topological polar surface area (TPSA) is 92.5 Å². The van der Waals surface area contributed by atoms with Crippen LogP contribution in [0.15, 0.2) is 0 Å². The SMILES string of the molecule is CCOC(C)=O.O=[N+]([O-])[O-].[Ag+]. The third kappa shape index (κ3) is 88.9. The zero-order chi connectivity index (χ0) is 8.57. The second-order valence-corrected chi connectivity index (χ2v) is 1.15. The molecule has 0 aliphatic carbocycles. The minimum absolute atomic E-state index is 0. The van der Waals surface area contributed by atoms with Gasteiger partial charge in [-0.2, -0.15) is 0 Å². The van der Waals surface area contributed by atoms with Crippen molar-refractivity contribution in [2.45, 2.75) is 13.8 Å². The Morgan fingerprint density at radius 1 is 1.55 bits per heavy atom. The first kappa shape index (κ1) is 16.8. The third-order valence-electron chi connectivity index (χ3n) is 0.348. The summed E-state index contributed by atoms with van der Waals surface area (Å²) in [6.45, 7) is 3.65. The normalized spacial score (nSPS) is 6.36. The number of hydrogen-bond acceptors (Lipinski definition) is 5. The third-order valence-corrected chi connectivity index (χ3v) is 0.348. The van der Waals surface area contributed by atoms with E-state index in [1.165, 1.54) is 6.92 Å². The molecule has 0 heterocycles. The average molecular weight is 258 g/mol. The molecule has 0 aromatic heterocycles. The minimum atomic E-state index is -1.75. The fraction of sp³-hybridized carbons (Fsp3) is 0.750. The molecule has 0 saturated heterocycles. The monoisotopic (exact) mass is 257 g/mol. The van der Waals surface area contributed by atoms with Gasteiger partial charge < -0.3 is 20.1 Å². The molecule has 0 atom stereocenters. The van der Waals surface area contributed by atoms with Crippen molar-refractivity contribution in [1.29, 1.82) is 0 Å². The molecule has 0 rings (SSSR count). The van der Waals surface area contributed by atoms with Gasteiger partial charge in [-0.1, -0.05) is 0 Å². The van der Waals surface area contributed by atoms with Gasteiger partial charge in [0.2, 0.25) is 0 Å². The van der Waals surface area contributed by atoms with Gasteiger partial charge in [0.25, 0.3) is 0 Å². The Kier molecular flexibility index (Phi) is 18.5. The van der Waals surface area contributed by atoms with Gasteiger partial charge in [0, 0.05) is 6.92 Å². The van der Waals surface area contributed by atoms with Gasteiger partial charge in [-0.15, -0.1) is 0 Å². The maximum atomic E-state index is 9.82. The number of carbonyl (C=O) groups excluding carboxylic acids is 1. The molecule has 0 aliphatic heterocycles. The van der Waals surface area contributed by atoms with Gasteiger partial charge in [0.1, 0.15) is 0 Å². The molecule has 0 bridgehead atoms. The van der Waals surface area contributed by atoms with E-state index in [-0.39, 0.29) is 28.3 Å². The first-order chi connectivity index (χ1) is 4.50. The Bertz CT molecular complexity index is 113. The summed E-state index contributed by atoms with van der Waals surface area (Å²) in [6, 6.07) is 0. The van der Waals surface area contributed by atoms with Crippen LogP contribution in [0.3, 0.4) is 0 Å². The standard InChI is InChI=1S/C4H8O2.Ag.NO3/c1-3-6-4(2)5;;2-1(3)4/h3H2,1-2H3;;/q;+1;-1. The van der Waals surface area contributed by atoms with Crippen LogP contribution >= 0.6 is 0 Å². The fourth-order valence-electron chi connectivity index (χ4n) is 0.203. The minimum Gasteiger partial charge on any atom is -0.466 e. The smallest absolute Gasteiger partial charge is 0.466 e. The quantitative estimate of drug-likeness (QED) is 0.292. The molecule has 0 radical (unpaired) electrons. The van der Waals surface area contributed by atoms with Crippen LogP contribution in [-0.4, -0.2) is 17.7 Å². The Balaban J connectivity index is -0.000000114. The first-order valence-corrected chi connectivity index (χ1v) is 2.45. The second-order valence-electron chi connectivity index (χ2n) is 1.15. The van der Waals surface area contributed by atoms with E-state index in [2.05, 4.69) is 4.74 Å². The van der Waals surface area contributed by atoms with E-state index in [1.807, 2.05) is 0 Å². The number of hydrogen-bond donors (Lipinski definition) is 0. The van der Waals surface area contributed by atoms with Crippen LogP contribution in [0.1, 0.15) is 13.8 Å². The van der Waals surface area contributed by atoms with Gasteiger partial charge in [-0.3, -0.25) is 4.79 Å². The zero-order valence-electron chi connectivity index (χ0n) is 6.00. The molecule has 7 heteroatoms. The molecule has 6 nitrogen and oxygen atoms in total. The predicted molar refractivity (Wildman–Crippen MR) is 32.7 cm³/mol. The van der Waals surface area contributed by atoms with Gasteiger partial charge in [-0.25, -0.2) is 0 Å². The van der Waals surface area contributed by atoms with Crippen LogP contribution in [-0.2, 0) is 31.9 Å². The van der Waals surface area contributed by atoms with Crippen molar-refractivity contribution in [3.63, 3.8) is 0 Å². The molecular formula is C4H8AgNO5. The van der Waals surface area contributed by atoms with Crippen molar-refractivity contribution < 1.29 is 37.0 Å². The van der Waals surface area contributed by atoms with Gasteiger partial charge in [0.15, 0.2) is 0 Å². The molecule has 70 valence electrons. The predicted octanol–water partition coefficient (Wildman–Crippen LogP) is 0.328. The maximum absolute atomic E-state index is 9.82. The summed E-state index contributed by atoms with van der Waals surface area (Å²) in [6.07, 6.45) is 0. The van der Waals surface area contributed by atoms with Crippen molar-refractivity contribution in [2.24, 2.45) is 0 Å². The number of ether oxygens (including phenoxy) is 1. The molecule has 0 aliphatic rings. The van der Waals surface area contributed by atoms with Crippen LogP contribution in [0.4, 0.5) is 0 Å². The van der Waals surface area contributed by atoms with E-state index in [0.717, 1.165) is 0 Å². The van der Waals surface area contributed by atoms with Crippen LogP contribution in [0.25, 0.3) is 0 Å². The van der Waals surface area contributed by atoms with Crippen LogP contribution < -0.4 is 0 Å². The van der Waals surface area contributed by atoms with E-state index in [4.69, 9.17) is 15.3 Å². The second kappa shape index (κ2) is 12.1. The van der Waals surface area contributed by atoms with Crippen LogP contribution in [0.2, 0.25) is 0 Å². The van der Waals surface area contributed by atoms with E-state index in [1.54, 1.807) is 6.92 Å². The first-order valence-electron chi connectivity index (χ1n) is 2.45. The number of nitrogens with zero attached hydrogens (tertiary/aromatic N) is 1. The number of esters is 1. The van der Waals surface area contributed by atoms with Gasteiger partial charge in [0.05, 0.1) is 11.7 Å². The summed E-state index contributed by atoms with van der Waals surface area (Å²) in [5.74, 6) is -0.211. The molecule has 0 aromatic carbocycles. The summed E-state index contributed by atoms with van der Waals surface area (Å²) in [7, 11) is 0. The zero-order valence-corrected chi connectivity index (χ0v) is 7.48. The average Bonchev–Trinajstić information content (AvgIpc) is 1.62. The molecule has 0 aromatic rings. The Morgan fingerprint density at radius 3 is 1.82 bits per heavy atom. The summed E-state index contributed by atoms with van der Waals surface area (Å²) in [5.41, 5.74) is 0. The molecule has 0 unspecified atom stereocenters. The number of rotatable bonds is 1. The molecular weight excluding hydrogens is 250 g/mol. The van der Waals surface area contributed by atoms with Crippen molar-refractivity contribution in [3.05, 3.63) is 15.3 Å². The molecule has 0 saturated carbocycles. The van der Waals surface area contributed by atoms with Crippen molar-refractivity contribution >= 4 is 5.97 Å². The van der Waals surface area contributed by atoms with Crippen LogP contribution in [0, 0.1) is 15.3 Å². The molecule has 11 heavy (non-hydrogen) atoms. The Hall–Kier alpha value is -0.590. The molecule has 0 N–H and O–H groups in total. The maximum Gasteiger partial charge on any atom is 1.00 e. The molecule has 0 fully saturated rings. The Morgan fingerprint density at radius 2 is 1.82 bits per heavy atom. The fourth-order valence-corrected chi connectivity index (χ4v) is 0.203. The summed E-state index contributed by atoms with van der Waals surface area (Å²) in [4.78, 5) is 18.1. The van der Waals surface area contributed by atoms with Crippen molar-refractivity contribution in [1.82, 2.24) is 0 Å². The summed E-state index contributed by atoms with van der Waals surface area (Å²) in [5, 5.41) is 14.8. The van der Waals surface area contributed by atoms with E-state index in [9.17, 15) is 4.79 Å². The largest absolute Gasteiger partial charge is 1.00 e. The molecule has 0 amide bonds. The Labute approximate surface area is 79.1 Å².